The van der Waals surface area contributed by atoms with Gasteiger partial charge in [-0.25, -0.2) is 0 Å². The molecule has 1 aromatic carbocycles. The smallest absolute Gasteiger partial charge is 0.0632 e. The molecule has 1 saturated heterocycles. The maximum absolute atomic E-state index is 10.1. The highest BCUT2D eigenvalue weighted by atomic mass is 35.5. The van der Waals surface area contributed by atoms with Crippen molar-refractivity contribution in [2.75, 3.05) is 13.2 Å². The van der Waals surface area contributed by atoms with Crippen molar-refractivity contribution in [2.45, 2.75) is 25.9 Å². The van der Waals surface area contributed by atoms with Gasteiger partial charge in [0.15, 0.2) is 0 Å². The van der Waals surface area contributed by atoms with E-state index in [0.29, 0.717) is 13.0 Å². The van der Waals surface area contributed by atoms with Crippen molar-refractivity contribution in [3.8, 4) is 0 Å². The number of aliphatic hydroxyl groups excluding tert-OH is 1. The summed E-state index contributed by atoms with van der Waals surface area (Å²) in [5.74, 6) is 0.261. The minimum Gasteiger partial charge on any atom is -0.392 e. The van der Waals surface area contributed by atoms with Gasteiger partial charge >= 0.3 is 0 Å². The minimum absolute atomic E-state index is 0.261. The van der Waals surface area contributed by atoms with Crippen molar-refractivity contribution in [3.63, 3.8) is 0 Å². The molecule has 2 nitrogen and oxygen atoms in total. The van der Waals surface area contributed by atoms with Crippen LogP contribution in [0.4, 0.5) is 0 Å². The Bertz CT molecular complexity index is 359. The highest BCUT2D eigenvalue weighted by molar-refractivity contribution is 6.31. The number of ether oxygens (including phenoxy) is 1. The summed E-state index contributed by atoms with van der Waals surface area (Å²) < 4.78 is 5.27. The Balaban J connectivity index is 2.02. The van der Waals surface area contributed by atoms with E-state index < -0.39 is 0 Å². The van der Waals surface area contributed by atoms with E-state index in [2.05, 4.69) is 0 Å². The summed E-state index contributed by atoms with van der Waals surface area (Å²) in [5.41, 5.74) is 2.17. The van der Waals surface area contributed by atoms with Crippen LogP contribution in [0.15, 0.2) is 18.2 Å². The lowest BCUT2D eigenvalue weighted by Crippen LogP contribution is -2.23. The Morgan fingerprint density at radius 3 is 3.00 bits per heavy atom. The summed E-state index contributed by atoms with van der Waals surface area (Å²) in [5, 5.41) is 10.8. The lowest BCUT2D eigenvalue weighted by molar-refractivity contribution is 0.0919. The molecule has 2 unspecified atom stereocenters. The van der Waals surface area contributed by atoms with Crippen molar-refractivity contribution in [1.82, 2.24) is 0 Å². The Morgan fingerprint density at radius 1 is 1.56 bits per heavy atom. The van der Waals surface area contributed by atoms with Gasteiger partial charge in [-0.1, -0.05) is 23.7 Å². The molecule has 88 valence electrons. The molecule has 0 radical (unpaired) electrons. The monoisotopic (exact) mass is 240 g/mol. The molecule has 0 bridgehead atoms. The van der Waals surface area contributed by atoms with Crippen LogP contribution in [0, 0.1) is 12.8 Å². The first-order chi connectivity index (χ1) is 7.66. The number of halogens is 1. The van der Waals surface area contributed by atoms with Crippen LogP contribution in [0.1, 0.15) is 17.5 Å². The molecule has 0 aliphatic carbocycles. The molecule has 1 N–H and O–H groups in total. The molecule has 1 fully saturated rings. The van der Waals surface area contributed by atoms with Gasteiger partial charge in [-0.2, -0.15) is 0 Å². The van der Waals surface area contributed by atoms with Crippen molar-refractivity contribution in [2.24, 2.45) is 5.92 Å². The highest BCUT2D eigenvalue weighted by Crippen LogP contribution is 2.24. The van der Waals surface area contributed by atoms with E-state index in [-0.39, 0.29) is 12.0 Å². The molecule has 1 aliphatic rings. The number of benzene rings is 1. The first-order valence-electron chi connectivity index (χ1n) is 5.67. The summed E-state index contributed by atoms with van der Waals surface area (Å²) >= 11 is 6.14. The van der Waals surface area contributed by atoms with Crippen LogP contribution < -0.4 is 0 Å². The van der Waals surface area contributed by atoms with Crippen LogP contribution in [0.2, 0.25) is 5.02 Å². The minimum atomic E-state index is -0.345. The molecule has 2 atom stereocenters. The first-order valence-corrected chi connectivity index (χ1v) is 6.05. The average Bonchev–Trinajstić information content (AvgIpc) is 2.75. The second kappa shape index (κ2) is 5.17. The number of hydrogen-bond donors (Lipinski definition) is 1. The van der Waals surface area contributed by atoms with Crippen LogP contribution in [0.3, 0.4) is 0 Å². The predicted molar refractivity (Wildman–Crippen MR) is 64.8 cm³/mol. The number of rotatable bonds is 3. The fourth-order valence-electron chi connectivity index (χ4n) is 2.07. The normalized spacial score (nSPS) is 22.3. The maximum atomic E-state index is 10.1. The molecule has 3 heteroatoms. The molecule has 1 aliphatic heterocycles. The van der Waals surface area contributed by atoms with E-state index >= 15 is 0 Å². The molecule has 0 amide bonds. The van der Waals surface area contributed by atoms with Crippen LogP contribution in [0.25, 0.3) is 0 Å². The van der Waals surface area contributed by atoms with Gasteiger partial charge in [0.2, 0.25) is 0 Å². The molecule has 1 aromatic rings. The Hall–Kier alpha value is -0.570. The molecule has 0 spiro atoms. The fraction of sp³-hybridized carbons (Fsp3) is 0.538. The molecule has 1 heterocycles. The molecule has 0 saturated carbocycles. The summed E-state index contributed by atoms with van der Waals surface area (Å²) in [4.78, 5) is 0. The van der Waals surface area contributed by atoms with Crippen molar-refractivity contribution < 1.29 is 9.84 Å². The lowest BCUT2D eigenvalue weighted by atomic mass is 9.95. The van der Waals surface area contributed by atoms with Gasteiger partial charge in [-0.05, 0) is 30.5 Å². The first kappa shape index (κ1) is 11.9. The molecule has 16 heavy (non-hydrogen) atoms. The van der Waals surface area contributed by atoms with E-state index in [4.69, 9.17) is 16.3 Å². The number of aliphatic hydroxyl groups is 1. The van der Waals surface area contributed by atoms with Gasteiger partial charge in [0.25, 0.3) is 0 Å². The Morgan fingerprint density at radius 2 is 2.38 bits per heavy atom. The summed E-state index contributed by atoms with van der Waals surface area (Å²) in [6, 6.07) is 5.96. The highest BCUT2D eigenvalue weighted by Gasteiger charge is 2.24. The van der Waals surface area contributed by atoms with E-state index in [1.165, 1.54) is 0 Å². The van der Waals surface area contributed by atoms with Crippen molar-refractivity contribution in [1.29, 1.82) is 0 Å². The van der Waals surface area contributed by atoms with Crippen molar-refractivity contribution >= 4 is 11.6 Å². The summed E-state index contributed by atoms with van der Waals surface area (Å²) in [6.07, 6.45) is 1.22. The molecular weight excluding hydrogens is 224 g/mol. The average molecular weight is 241 g/mol. The van der Waals surface area contributed by atoms with Gasteiger partial charge in [-0.15, -0.1) is 0 Å². The van der Waals surface area contributed by atoms with Gasteiger partial charge in [0.1, 0.15) is 0 Å². The Kier molecular flexibility index (Phi) is 3.85. The van der Waals surface area contributed by atoms with E-state index in [0.717, 1.165) is 29.2 Å². The predicted octanol–water partition coefficient (Wildman–Crippen LogP) is 2.59. The second-order valence-corrected chi connectivity index (χ2v) is 4.90. The zero-order valence-corrected chi connectivity index (χ0v) is 10.2. The van der Waals surface area contributed by atoms with Crippen LogP contribution in [-0.4, -0.2) is 24.4 Å². The van der Waals surface area contributed by atoms with Crippen LogP contribution in [-0.2, 0) is 11.2 Å². The quantitative estimate of drug-likeness (QED) is 0.880. The SMILES string of the molecule is Cc1ccc(CC(O)C2CCOC2)c(Cl)c1. The zero-order valence-electron chi connectivity index (χ0n) is 9.45. The van der Waals surface area contributed by atoms with Crippen LogP contribution >= 0.6 is 11.6 Å². The number of aryl methyl sites for hydroxylation is 1. The van der Waals surface area contributed by atoms with Gasteiger partial charge in [-0.3, -0.25) is 0 Å². The third-order valence-corrected chi connectivity index (χ3v) is 3.50. The fourth-order valence-corrected chi connectivity index (χ4v) is 2.38. The summed E-state index contributed by atoms with van der Waals surface area (Å²) in [6.45, 7) is 3.45. The molecular formula is C13H17ClO2. The molecule has 2 rings (SSSR count). The lowest BCUT2D eigenvalue weighted by Gasteiger charge is -2.17. The summed E-state index contributed by atoms with van der Waals surface area (Å²) in [7, 11) is 0. The topological polar surface area (TPSA) is 29.5 Å². The van der Waals surface area contributed by atoms with Crippen LogP contribution in [0.5, 0.6) is 0 Å². The third-order valence-electron chi connectivity index (χ3n) is 3.15. The Labute approximate surface area is 101 Å². The zero-order chi connectivity index (χ0) is 11.5. The van der Waals surface area contributed by atoms with Crippen molar-refractivity contribution in [3.05, 3.63) is 34.3 Å². The van der Waals surface area contributed by atoms with Gasteiger partial charge in [0, 0.05) is 24.0 Å². The second-order valence-electron chi connectivity index (χ2n) is 4.49. The van der Waals surface area contributed by atoms with E-state index in [1.807, 2.05) is 25.1 Å². The maximum Gasteiger partial charge on any atom is 0.0632 e. The molecule has 0 aromatic heterocycles. The number of hydrogen-bond acceptors (Lipinski definition) is 2. The third kappa shape index (κ3) is 2.76. The largest absolute Gasteiger partial charge is 0.392 e. The van der Waals surface area contributed by atoms with E-state index in [9.17, 15) is 5.11 Å². The van der Waals surface area contributed by atoms with Gasteiger partial charge < -0.3 is 9.84 Å². The van der Waals surface area contributed by atoms with Gasteiger partial charge in [0.05, 0.1) is 12.7 Å². The van der Waals surface area contributed by atoms with E-state index in [1.54, 1.807) is 0 Å². The standard InChI is InChI=1S/C13H17ClO2/c1-9-2-3-10(12(14)6-9)7-13(15)11-4-5-16-8-11/h2-3,6,11,13,15H,4-5,7-8H2,1H3.